The van der Waals surface area contributed by atoms with Gasteiger partial charge in [0.25, 0.3) is 0 Å². The zero-order valence-electron chi connectivity index (χ0n) is 12.2. The van der Waals surface area contributed by atoms with Crippen LogP contribution in [0.5, 0.6) is 5.88 Å². The number of hydrogen-bond donors (Lipinski definition) is 3. The molecule has 2 aromatic rings. The molecule has 0 bridgehead atoms. The number of nitrogens with two attached hydrogens (primary N) is 2. The van der Waals surface area contributed by atoms with E-state index in [0.29, 0.717) is 17.5 Å². The van der Waals surface area contributed by atoms with Crippen LogP contribution in [0.2, 0.25) is 0 Å². The number of anilines is 2. The molecular weight excluding hydrogens is 284 g/mol. The first kappa shape index (κ1) is 15.6. The number of nitrogen functional groups attached to an aromatic ring is 2. The monoisotopic (exact) mass is 302 g/mol. The van der Waals surface area contributed by atoms with E-state index in [2.05, 4.69) is 14.7 Å². The Kier molecular flexibility index (Phi) is 4.77. The van der Waals surface area contributed by atoms with E-state index in [4.69, 9.17) is 11.5 Å². The second-order valence-corrected chi connectivity index (χ2v) is 4.81. The number of aryl methyl sites for hydroxylation is 1. The highest BCUT2D eigenvalue weighted by Gasteiger charge is 2.10. The number of aromatic hydroxyl groups is 1. The molecule has 0 aliphatic heterocycles. The molecule has 5 N–H and O–H groups in total. The molecule has 7 nitrogen and oxygen atoms in total. The highest BCUT2D eigenvalue weighted by Crippen LogP contribution is 2.22. The minimum Gasteiger partial charge on any atom is -0.493 e. The molecule has 1 aromatic heterocycles. The lowest BCUT2D eigenvalue weighted by Gasteiger charge is -2.07. The van der Waals surface area contributed by atoms with Gasteiger partial charge >= 0.3 is 5.97 Å². The van der Waals surface area contributed by atoms with E-state index in [0.717, 1.165) is 18.4 Å². The number of hydrogen-bond acceptors (Lipinski definition) is 7. The molecule has 22 heavy (non-hydrogen) atoms. The van der Waals surface area contributed by atoms with Crippen molar-refractivity contribution in [2.45, 2.75) is 19.3 Å². The molecule has 0 atom stereocenters. The van der Waals surface area contributed by atoms with Crippen LogP contribution < -0.4 is 11.5 Å². The summed E-state index contributed by atoms with van der Waals surface area (Å²) >= 11 is 0. The van der Waals surface area contributed by atoms with E-state index < -0.39 is 0 Å². The van der Waals surface area contributed by atoms with Crippen molar-refractivity contribution < 1.29 is 14.6 Å². The predicted octanol–water partition coefficient (Wildman–Crippen LogP) is 1.31. The Morgan fingerprint density at radius 3 is 2.45 bits per heavy atom. The minimum absolute atomic E-state index is 0.0443. The van der Waals surface area contributed by atoms with Crippen molar-refractivity contribution in [3.63, 3.8) is 0 Å². The number of carbonyl (C=O) groups excluding carboxylic acids is 1. The third kappa shape index (κ3) is 3.63. The van der Waals surface area contributed by atoms with Gasteiger partial charge in [-0.15, -0.1) is 0 Å². The summed E-state index contributed by atoms with van der Waals surface area (Å²) in [6, 6.07) is 7.18. The molecule has 0 unspecified atom stereocenters. The summed E-state index contributed by atoms with van der Waals surface area (Å²) in [6.07, 6.45) is 2.06. The molecule has 0 amide bonds. The van der Waals surface area contributed by atoms with Gasteiger partial charge in [-0.2, -0.15) is 9.97 Å². The highest BCUT2D eigenvalue weighted by molar-refractivity contribution is 5.89. The lowest BCUT2D eigenvalue weighted by Crippen LogP contribution is -2.05. The van der Waals surface area contributed by atoms with Crippen LogP contribution in [0.4, 0.5) is 11.8 Å². The van der Waals surface area contributed by atoms with Crippen molar-refractivity contribution in [3.8, 4) is 5.88 Å². The van der Waals surface area contributed by atoms with Crippen LogP contribution >= 0.6 is 0 Å². The largest absolute Gasteiger partial charge is 0.493 e. The molecule has 1 aromatic carbocycles. The summed E-state index contributed by atoms with van der Waals surface area (Å²) in [4.78, 5) is 18.9. The molecule has 1 heterocycles. The molecule has 0 aliphatic carbocycles. The second kappa shape index (κ2) is 6.75. The van der Waals surface area contributed by atoms with Crippen LogP contribution in [0.25, 0.3) is 0 Å². The molecule has 2 rings (SSSR count). The number of esters is 1. The number of ether oxygens (including phenoxy) is 1. The summed E-state index contributed by atoms with van der Waals surface area (Å²) in [5, 5.41) is 9.73. The van der Waals surface area contributed by atoms with Gasteiger partial charge in [0, 0.05) is 0 Å². The summed E-state index contributed by atoms with van der Waals surface area (Å²) in [5.41, 5.74) is 13.2. The van der Waals surface area contributed by atoms with Crippen LogP contribution in [0.15, 0.2) is 24.3 Å². The van der Waals surface area contributed by atoms with Gasteiger partial charge in [-0.05, 0) is 37.0 Å². The minimum atomic E-state index is -0.358. The predicted molar refractivity (Wildman–Crippen MR) is 82.3 cm³/mol. The van der Waals surface area contributed by atoms with Crippen LogP contribution in [-0.4, -0.2) is 28.2 Å². The molecule has 0 spiro atoms. The van der Waals surface area contributed by atoms with Crippen LogP contribution in [0.3, 0.4) is 0 Å². The summed E-state index contributed by atoms with van der Waals surface area (Å²) in [7, 11) is 1.35. The van der Waals surface area contributed by atoms with Gasteiger partial charge in [0.05, 0.1) is 18.2 Å². The second-order valence-electron chi connectivity index (χ2n) is 4.81. The molecule has 116 valence electrons. The standard InChI is InChI=1S/C15H18N4O3/c1-22-14(21)10-7-5-9(6-8-10)3-2-4-11-12(16)18-15(17)19-13(11)20/h5-8H,2-4H2,1H3,(H5,16,17,18,19,20). The van der Waals surface area contributed by atoms with Crippen molar-refractivity contribution in [3.05, 3.63) is 41.0 Å². The molecule has 0 saturated heterocycles. The molecule has 0 aliphatic rings. The maximum atomic E-state index is 11.3. The molecule has 0 saturated carbocycles. The quantitative estimate of drug-likeness (QED) is 0.711. The normalized spacial score (nSPS) is 10.4. The molecule has 0 fully saturated rings. The van der Waals surface area contributed by atoms with E-state index in [1.165, 1.54) is 7.11 Å². The number of benzene rings is 1. The first-order valence-corrected chi connectivity index (χ1v) is 6.79. The fraction of sp³-hybridized carbons (Fsp3) is 0.267. The molecule has 7 heteroatoms. The highest BCUT2D eigenvalue weighted by atomic mass is 16.5. The van der Waals surface area contributed by atoms with Crippen molar-refractivity contribution in [1.82, 2.24) is 9.97 Å². The fourth-order valence-electron chi connectivity index (χ4n) is 2.14. The number of rotatable bonds is 5. The third-order valence-corrected chi connectivity index (χ3v) is 3.30. The average Bonchev–Trinajstić information content (AvgIpc) is 2.49. The Morgan fingerprint density at radius 1 is 1.18 bits per heavy atom. The number of carbonyl (C=O) groups is 1. The molecule has 0 radical (unpaired) electrons. The third-order valence-electron chi connectivity index (χ3n) is 3.30. The Hall–Kier alpha value is -2.83. The van der Waals surface area contributed by atoms with Gasteiger partial charge < -0.3 is 21.3 Å². The first-order valence-electron chi connectivity index (χ1n) is 6.79. The van der Waals surface area contributed by atoms with Crippen molar-refractivity contribution in [2.24, 2.45) is 0 Å². The number of aromatic nitrogens is 2. The summed E-state index contributed by atoms with van der Waals surface area (Å²) in [5.74, 6) is -0.377. The Labute approximate surface area is 128 Å². The van der Waals surface area contributed by atoms with Crippen LogP contribution in [0.1, 0.15) is 27.9 Å². The Balaban J connectivity index is 1.95. The Morgan fingerprint density at radius 2 is 1.86 bits per heavy atom. The van der Waals surface area contributed by atoms with Gasteiger partial charge in [-0.1, -0.05) is 12.1 Å². The number of nitrogens with zero attached hydrogens (tertiary/aromatic N) is 2. The zero-order chi connectivity index (χ0) is 16.1. The van der Waals surface area contributed by atoms with Crippen molar-refractivity contribution >= 4 is 17.7 Å². The lowest BCUT2D eigenvalue weighted by atomic mass is 10.0. The van der Waals surface area contributed by atoms with E-state index in [1.807, 2.05) is 12.1 Å². The van der Waals surface area contributed by atoms with Crippen molar-refractivity contribution in [2.75, 3.05) is 18.6 Å². The zero-order valence-corrected chi connectivity index (χ0v) is 12.2. The maximum Gasteiger partial charge on any atom is 0.337 e. The fourth-order valence-corrected chi connectivity index (χ4v) is 2.14. The SMILES string of the molecule is COC(=O)c1ccc(CCCc2c(N)nc(N)nc2O)cc1. The van der Waals surface area contributed by atoms with Crippen LogP contribution in [-0.2, 0) is 17.6 Å². The van der Waals surface area contributed by atoms with E-state index >= 15 is 0 Å². The van der Waals surface area contributed by atoms with Crippen LogP contribution in [0, 0.1) is 0 Å². The lowest BCUT2D eigenvalue weighted by molar-refractivity contribution is 0.0600. The smallest absolute Gasteiger partial charge is 0.337 e. The van der Waals surface area contributed by atoms with E-state index in [1.54, 1.807) is 12.1 Å². The van der Waals surface area contributed by atoms with Gasteiger partial charge in [0.2, 0.25) is 11.8 Å². The average molecular weight is 302 g/mol. The van der Waals surface area contributed by atoms with Gasteiger partial charge in [0.15, 0.2) is 0 Å². The van der Waals surface area contributed by atoms with Gasteiger partial charge in [-0.25, -0.2) is 4.79 Å². The first-order chi connectivity index (χ1) is 10.5. The summed E-state index contributed by atoms with van der Waals surface area (Å²) in [6.45, 7) is 0. The summed E-state index contributed by atoms with van der Waals surface area (Å²) < 4.78 is 4.65. The van der Waals surface area contributed by atoms with Crippen molar-refractivity contribution in [1.29, 1.82) is 0 Å². The van der Waals surface area contributed by atoms with Gasteiger partial charge in [0.1, 0.15) is 5.82 Å². The maximum absolute atomic E-state index is 11.3. The molecular formula is C15H18N4O3. The van der Waals surface area contributed by atoms with E-state index in [9.17, 15) is 9.90 Å². The topological polar surface area (TPSA) is 124 Å². The number of methoxy groups -OCH3 is 1. The van der Waals surface area contributed by atoms with Gasteiger partial charge in [-0.3, -0.25) is 0 Å². The Bertz CT molecular complexity index is 648. The van der Waals surface area contributed by atoms with E-state index in [-0.39, 0.29) is 23.6 Å².